The van der Waals surface area contributed by atoms with Crippen molar-refractivity contribution in [2.24, 2.45) is 0 Å². The van der Waals surface area contributed by atoms with Gasteiger partial charge in [-0.05, 0) is 60.6 Å². The van der Waals surface area contributed by atoms with Gasteiger partial charge in [-0.1, -0.05) is 29.3 Å². The molecule has 7 heteroatoms. The second-order valence-corrected chi connectivity index (χ2v) is 8.51. The van der Waals surface area contributed by atoms with Gasteiger partial charge in [0.15, 0.2) is 0 Å². The van der Waals surface area contributed by atoms with Crippen LogP contribution < -0.4 is 0 Å². The molecule has 28 heavy (non-hydrogen) atoms. The number of alkyl halides is 3. The third-order valence-corrected chi connectivity index (χ3v) is 5.95. The molecule has 0 unspecified atom stereocenters. The third kappa shape index (κ3) is 3.72. The quantitative estimate of drug-likeness (QED) is 0.537. The van der Waals surface area contributed by atoms with Crippen molar-refractivity contribution in [3.63, 3.8) is 0 Å². The molecule has 2 aromatic rings. The molecular weight excluding hydrogens is 450 g/mol. The Labute approximate surface area is 175 Å². The number of likely N-dealkylation sites (tertiary alicyclic amines) is 1. The van der Waals surface area contributed by atoms with E-state index in [9.17, 15) is 13.6 Å². The van der Waals surface area contributed by atoms with Crippen molar-refractivity contribution < 1.29 is 13.6 Å². The van der Waals surface area contributed by atoms with Gasteiger partial charge in [-0.3, -0.25) is 9.78 Å². The summed E-state index contributed by atoms with van der Waals surface area (Å²) in [6.45, 7) is 0.536. The Bertz CT molecular complexity index is 961. The lowest BCUT2D eigenvalue weighted by molar-refractivity contribution is -0.145. The zero-order valence-corrected chi connectivity index (χ0v) is 17.4. The highest BCUT2D eigenvalue weighted by Gasteiger charge is 2.40. The molecule has 0 bridgehead atoms. The summed E-state index contributed by atoms with van der Waals surface area (Å²) < 4.78 is 26.7. The molecule has 0 saturated carbocycles. The number of piperidine rings is 1. The summed E-state index contributed by atoms with van der Waals surface area (Å²) in [5, 5.41) is 0.696. The first kappa shape index (κ1) is 19.5. The van der Waals surface area contributed by atoms with Crippen molar-refractivity contribution in [1.82, 2.24) is 9.88 Å². The molecule has 3 nitrogen and oxygen atoms in total. The van der Waals surface area contributed by atoms with Crippen LogP contribution in [0.25, 0.3) is 5.57 Å². The Balaban J connectivity index is 1.76. The minimum absolute atomic E-state index is 0.268. The van der Waals surface area contributed by atoms with E-state index in [2.05, 4.69) is 27.0 Å². The van der Waals surface area contributed by atoms with Crippen LogP contribution in [-0.2, 0) is 17.6 Å². The van der Waals surface area contributed by atoms with Crippen LogP contribution in [0.1, 0.15) is 35.2 Å². The molecule has 1 saturated heterocycles. The number of halogens is 4. The molecule has 0 N–H and O–H groups in total. The lowest BCUT2D eigenvalue weighted by atomic mass is 9.88. The molecule has 0 atom stereocenters. The van der Waals surface area contributed by atoms with Gasteiger partial charge in [-0.25, -0.2) is 0 Å². The molecule has 1 aliphatic heterocycles. The number of nitrogens with zero attached hydrogens (tertiary/aromatic N) is 2. The van der Waals surface area contributed by atoms with Crippen molar-refractivity contribution in [2.75, 3.05) is 13.1 Å². The Kier molecular flexibility index (Phi) is 5.27. The summed E-state index contributed by atoms with van der Waals surface area (Å²) in [4.78, 5) is 14.2. The average Bonchev–Trinajstić information content (AvgIpc) is 2.83. The molecule has 1 fully saturated rings. The highest BCUT2D eigenvalue weighted by Crippen LogP contribution is 2.39. The number of hydrogen-bond acceptors (Lipinski definition) is 2. The largest absolute Gasteiger partial charge is 0.377 e. The number of fused-ring (bicyclic) bond motifs is 2. The van der Waals surface area contributed by atoms with E-state index in [4.69, 9.17) is 11.6 Å². The van der Waals surface area contributed by atoms with Gasteiger partial charge in [0.1, 0.15) is 0 Å². The number of carbonyl (C=O) groups is 1. The average molecular weight is 468 g/mol. The van der Waals surface area contributed by atoms with E-state index >= 15 is 0 Å². The van der Waals surface area contributed by atoms with E-state index in [1.54, 1.807) is 6.20 Å². The minimum atomic E-state index is -3.52. The first-order chi connectivity index (χ1) is 13.3. The van der Waals surface area contributed by atoms with Crippen LogP contribution in [0.15, 0.2) is 42.1 Å². The maximum Gasteiger partial charge on any atom is 0.377 e. The van der Waals surface area contributed by atoms with Gasteiger partial charge in [0.2, 0.25) is 0 Å². The number of rotatable bonds is 1. The smallest absolute Gasteiger partial charge is 0.336 e. The molecule has 1 aliphatic carbocycles. The number of aromatic nitrogens is 1. The number of hydrogen-bond donors (Lipinski definition) is 0. The van der Waals surface area contributed by atoms with E-state index in [1.807, 2.05) is 24.3 Å². The first-order valence-corrected chi connectivity index (χ1v) is 10.3. The van der Waals surface area contributed by atoms with Crippen LogP contribution in [0.3, 0.4) is 0 Å². The molecular formula is C21H18BrClF2N2O. The molecule has 2 aliphatic rings. The zero-order valence-electron chi connectivity index (χ0n) is 15.0. The first-order valence-electron chi connectivity index (χ1n) is 9.16. The predicted octanol–water partition coefficient (Wildman–Crippen LogP) is 5.25. The molecule has 1 amide bonds. The number of benzene rings is 1. The summed E-state index contributed by atoms with van der Waals surface area (Å²) >= 11 is 8.39. The van der Waals surface area contributed by atoms with Gasteiger partial charge in [-0.2, -0.15) is 8.78 Å². The van der Waals surface area contributed by atoms with Gasteiger partial charge in [0.05, 0.1) is 5.69 Å². The normalized spacial score (nSPS) is 17.1. The van der Waals surface area contributed by atoms with Crippen molar-refractivity contribution in [3.8, 4) is 0 Å². The van der Waals surface area contributed by atoms with E-state index < -0.39 is 10.7 Å². The molecule has 0 spiro atoms. The monoisotopic (exact) mass is 466 g/mol. The number of pyridine rings is 1. The highest BCUT2D eigenvalue weighted by molar-refractivity contribution is 9.10. The van der Waals surface area contributed by atoms with Crippen LogP contribution in [0, 0.1) is 0 Å². The van der Waals surface area contributed by atoms with Gasteiger partial charge in [-0.15, -0.1) is 0 Å². The van der Waals surface area contributed by atoms with Crippen molar-refractivity contribution >= 4 is 39.0 Å². The van der Waals surface area contributed by atoms with E-state index in [-0.39, 0.29) is 13.1 Å². The summed E-state index contributed by atoms with van der Waals surface area (Å²) in [5.41, 5.74) is 6.60. The summed E-state index contributed by atoms with van der Waals surface area (Å²) in [6.07, 6.45) is 4.61. The Morgan fingerprint density at radius 3 is 2.54 bits per heavy atom. The van der Waals surface area contributed by atoms with Gasteiger partial charge in [0, 0.05) is 45.8 Å². The Morgan fingerprint density at radius 2 is 1.82 bits per heavy atom. The van der Waals surface area contributed by atoms with Gasteiger partial charge in [0.25, 0.3) is 0 Å². The standard InChI is InChI=1S/C21H18BrClF2N2O/c22-21(24,25)20(28)27-10-7-13(8-11-27)18-17-6-5-16(23)12-15(17)4-3-14-2-1-9-26-19(14)18/h1-2,5-6,9,12H,3-4,7-8,10-11H2. The van der Waals surface area contributed by atoms with E-state index in [1.165, 1.54) is 16.0 Å². The molecule has 1 aromatic carbocycles. The maximum atomic E-state index is 13.3. The maximum absolute atomic E-state index is 13.3. The van der Waals surface area contributed by atoms with Crippen molar-refractivity contribution in [3.05, 3.63) is 69.5 Å². The lowest BCUT2D eigenvalue weighted by Gasteiger charge is -2.31. The highest BCUT2D eigenvalue weighted by atomic mass is 79.9. The zero-order chi connectivity index (χ0) is 19.9. The van der Waals surface area contributed by atoms with Crippen LogP contribution in [0.2, 0.25) is 5.02 Å². The van der Waals surface area contributed by atoms with Crippen molar-refractivity contribution in [1.29, 1.82) is 0 Å². The molecule has 146 valence electrons. The fourth-order valence-corrected chi connectivity index (χ4v) is 4.49. The summed E-state index contributed by atoms with van der Waals surface area (Å²) in [5.74, 6) is -1.18. The third-order valence-electron chi connectivity index (χ3n) is 5.38. The van der Waals surface area contributed by atoms with Crippen molar-refractivity contribution in [2.45, 2.75) is 30.5 Å². The molecule has 4 rings (SSSR count). The Hall–Kier alpha value is -1.79. The van der Waals surface area contributed by atoms with E-state index in [0.29, 0.717) is 17.9 Å². The fraction of sp³-hybridized carbons (Fsp3) is 0.333. The lowest BCUT2D eigenvalue weighted by Crippen LogP contribution is -2.43. The van der Waals surface area contributed by atoms with Gasteiger partial charge < -0.3 is 4.90 Å². The second-order valence-electron chi connectivity index (χ2n) is 7.08. The number of amides is 1. The Morgan fingerprint density at radius 1 is 1.11 bits per heavy atom. The molecule has 0 radical (unpaired) electrons. The van der Waals surface area contributed by atoms with Crippen LogP contribution in [-0.4, -0.2) is 33.7 Å². The van der Waals surface area contributed by atoms with Gasteiger partial charge >= 0.3 is 10.7 Å². The fourth-order valence-electron chi connectivity index (χ4n) is 4.04. The second kappa shape index (κ2) is 7.56. The van der Waals surface area contributed by atoms with Crippen LogP contribution in [0.4, 0.5) is 8.78 Å². The summed E-state index contributed by atoms with van der Waals surface area (Å²) in [7, 11) is 0. The molecule has 1 aromatic heterocycles. The number of carbonyl (C=O) groups excluding carboxylic acids is 1. The minimum Gasteiger partial charge on any atom is -0.336 e. The number of aryl methyl sites for hydroxylation is 2. The summed E-state index contributed by atoms with van der Waals surface area (Å²) in [6, 6.07) is 9.91. The predicted molar refractivity (Wildman–Crippen MR) is 109 cm³/mol. The van der Waals surface area contributed by atoms with Crippen LogP contribution >= 0.6 is 27.5 Å². The SMILES string of the molecule is O=C(N1CCC(=C2c3ccc(Cl)cc3CCc3cccnc32)CC1)C(F)(F)Br. The van der Waals surface area contributed by atoms with Crippen LogP contribution in [0.5, 0.6) is 0 Å². The molecule has 2 heterocycles. The topological polar surface area (TPSA) is 33.2 Å². The van der Waals surface area contributed by atoms with E-state index in [0.717, 1.165) is 35.2 Å².